The van der Waals surface area contributed by atoms with Gasteiger partial charge in [0, 0.05) is 7.11 Å². The van der Waals surface area contributed by atoms with Gasteiger partial charge in [-0.3, -0.25) is 24.0 Å². The van der Waals surface area contributed by atoms with Gasteiger partial charge in [-0.15, -0.1) is 0 Å². The van der Waals surface area contributed by atoms with Crippen molar-refractivity contribution in [2.45, 2.75) is 360 Å². The number of fused-ring (bicyclic) bond motifs is 8. The van der Waals surface area contributed by atoms with Crippen molar-refractivity contribution in [3.63, 3.8) is 0 Å². The number of methoxy groups -OCH3 is 1. The fraction of sp³-hybridized carbons (Fsp3) is 0.937. The fourth-order valence-electron chi connectivity index (χ4n) is 16.9. The minimum atomic E-state index is -0.469. The summed E-state index contributed by atoms with van der Waals surface area (Å²) < 4.78 is 55.9. The minimum Gasteiger partial charge on any atom is -0.438 e. The molecule has 0 aliphatic heterocycles. The third-order valence-electron chi connectivity index (χ3n) is 27.6. The summed E-state index contributed by atoms with van der Waals surface area (Å²) in [5, 5.41) is 0. The Labute approximate surface area is 573 Å². The lowest BCUT2D eigenvalue weighted by molar-refractivity contribution is -0.219. The van der Waals surface area contributed by atoms with Crippen molar-refractivity contribution in [1.29, 1.82) is 0 Å². The molecule has 8 fully saturated rings. The molecule has 0 aromatic rings. The zero-order valence-electron chi connectivity index (χ0n) is 65.9. The van der Waals surface area contributed by atoms with Crippen LogP contribution in [0.25, 0.3) is 0 Å². The van der Waals surface area contributed by atoms with Gasteiger partial charge in [-0.2, -0.15) is 0 Å². The molecule has 0 saturated heterocycles. The molecule has 0 N–H and O–H groups in total. The number of hydrogen-bond donors (Lipinski definition) is 0. The monoisotopic (exact) mass is 1330 g/mol. The molecule has 548 valence electrons. The number of ether oxygens (including phenoxy) is 10. The van der Waals surface area contributed by atoms with Gasteiger partial charge in [0.05, 0.1) is 51.5 Å². The van der Waals surface area contributed by atoms with E-state index in [4.69, 9.17) is 47.4 Å². The van der Waals surface area contributed by atoms with E-state index in [2.05, 4.69) is 83.1 Å². The molecule has 8 bridgehead atoms. The first-order valence-electron chi connectivity index (χ1n) is 36.8. The number of esters is 5. The van der Waals surface area contributed by atoms with Gasteiger partial charge in [-0.25, -0.2) is 0 Å². The van der Waals surface area contributed by atoms with Crippen LogP contribution in [-0.2, 0) is 71.3 Å². The number of rotatable bonds is 24. The van der Waals surface area contributed by atoms with E-state index in [1.165, 1.54) is 71.3 Å². The summed E-state index contributed by atoms with van der Waals surface area (Å²) in [6.45, 7) is 62.6. The van der Waals surface area contributed by atoms with E-state index < -0.39 is 45.9 Å². The second-order valence-corrected chi connectivity index (χ2v) is 36.8. The summed E-state index contributed by atoms with van der Waals surface area (Å²) in [4.78, 5) is 59.6. The lowest BCUT2D eigenvalue weighted by Crippen LogP contribution is -2.45. The molecular weight excluding hydrogens is 1190 g/mol. The van der Waals surface area contributed by atoms with Crippen LogP contribution in [-0.4, -0.2) is 93.8 Å². The Morgan fingerprint density at radius 2 is 0.702 bits per heavy atom. The topological polar surface area (TPSA) is 178 Å². The summed E-state index contributed by atoms with van der Waals surface area (Å²) in [5.41, 5.74) is -0.145. The van der Waals surface area contributed by atoms with E-state index in [9.17, 15) is 24.0 Å². The van der Waals surface area contributed by atoms with Gasteiger partial charge in [0.2, 0.25) is 0 Å². The predicted octanol–water partition coefficient (Wildman–Crippen LogP) is 19.4. The Hall–Kier alpha value is -2.85. The van der Waals surface area contributed by atoms with E-state index in [0.717, 1.165) is 68.6 Å². The van der Waals surface area contributed by atoms with Gasteiger partial charge in [-0.05, 0) is 266 Å². The van der Waals surface area contributed by atoms with E-state index in [1.807, 2.05) is 118 Å². The maximum Gasteiger partial charge on any atom is 0.313 e. The largest absolute Gasteiger partial charge is 0.438 e. The van der Waals surface area contributed by atoms with Crippen molar-refractivity contribution in [3.05, 3.63) is 0 Å². The van der Waals surface area contributed by atoms with Gasteiger partial charge in [0.25, 0.3) is 0 Å². The molecule has 0 amide bonds. The zero-order chi connectivity index (χ0) is 72.2. The lowest BCUT2D eigenvalue weighted by atomic mass is 9.70. The lowest BCUT2D eigenvalue weighted by Gasteiger charge is -2.43. The minimum absolute atomic E-state index is 0.0959. The third kappa shape index (κ3) is 18.0. The van der Waals surface area contributed by atoms with E-state index >= 15 is 0 Å². The van der Waals surface area contributed by atoms with Gasteiger partial charge >= 0.3 is 29.8 Å². The first-order chi connectivity index (χ1) is 42.8. The highest BCUT2D eigenvalue weighted by molar-refractivity contribution is 5.77. The second-order valence-electron chi connectivity index (χ2n) is 36.8. The second kappa shape index (κ2) is 31.0. The van der Waals surface area contributed by atoms with Crippen LogP contribution in [0.3, 0.4) is 0 Å². The van der Waals surface area contributed by atoms with Crippen molar-refractivity contribution in [2.24, 2.45) is 94.1 Å². The Kier molecular flexibility index (Phi) is 27.5. The number of carbonyl (C=O) groups excluding carboxylic acids is 5. The summed E-state index contributed by atoms with van der Waals surface area (Å²) in [6, 6.07) is 0. The van der Waals surface area contributed by atoms with Crippen LogP contribution < -0.4 is 0 Å². The van der Waals surface area contributed by atoms with Crippen LogP contribution in [0.5, 0.6) is 0 Å². The maximum atomic E-state index is 12.2. The third-order valence-corrected chi connectivity index (χ3v) is 27.6. The first-order valence-corrected chi connectivity index (χ1v) is 36.8. The standard InChI is InChI=1S/2C18H32O3.2C17H30O3.C9H18O3/c1-8-16(3,4)15(19)21-12(2)20-14-17(5,6)13-9-10-18(14,7)11-13;1-8-16(3,4)15(19)21-12(2)20-14-11-13-9-10-18(14,7)17(13,5)6;1-7-15(2,3)14(18)20-11-19-13-16(4,5)12-8-9-17(13,6)10-12;1-7-15(2,3)14(18)20-11-19-13-10-12-8-9-17(13,6)16(12,4)5;1-6-9(3,4)8(10)12-7(2)11-5/h2*12-14H,8-11H2,1-7H3;2*12-13H,7-11H2,1-6H3;7H,6H2,1-5H3. The summed E-state index contributed by atoms with van der Waals surface area (Å²) >= 11 is 0. The molecule has 94 heavy (non-hydrogen) atoms. The van der Waals surface area contributed by atoms with Crippen molar-refractivity contribution in [2.75, 3.05) is 20.7 Å². The quantitative estimate of drug-likeness (QED) is 0.0506. The van der Waals surface area contributed by atoms with E-state index in [0.29, 0.717) is 10.8 Å². The molecule has 0 aromatic heterocycles. The molecule has 0 radical (unpaired) electrons. The van der Waals surface area contributed by atoms with Crippen LogP contribution in [0.1, 0.15) is 317 Å². The van der Waals surface area contributed by atoms with Gasteiger partial charge in [-0.1, -0.05) is 118 Å². The van der Waals surface area contributed by atoms with Crippen molar-refractivity contribution < 1.29 is 71.3 Å². The summed E-state index contributed by atoms with van der Waals surface area (Å²) in [6.07, 6.45) is 18.1. The average molecular weight is 1330 g/mol. The molecule has 8 aliphatic rings. The highest BCUT2D eigenvalue weighted by atomic mass is 16.7. The Morgan fingerprint density at radius 1 is 0.394 bits per heavy atom. The molecule has 8 aliphatic carbocycles. The van der Waals surface area contributed by atoms with Crippen LogP contribution in [0.15, 0.2) is 0 Å². The SMILES string of the molecule is CCC(C)(C)C(=O)OC(C)OC.CCC(C)(C)C(=O)OC(C)OC1C2(C)CCC(C2)C1(C)C.CCC(C)(C)C(=O)OC(C)OC1CC2CCC1(C)C2(C)C.CCC(C)(C)C(=O)OCOC1C2(C)CCC(C2)C1(C)C.CCC(C)(C)C(=O)OCOC1CC2CCC1(C)C2(C)C. The highest BCUT2D eigenvalue weighted by Crippen LogP contribution is 2.68. The van der Waals surface area contributed by atoms with E-state index in [-0.39, 0.29) is 100 Å². The molecule has 0 aromatic carbocycles. The molecule has 0 spiro atoms. The molecule has 0 heterocycles. The molecule has 15 nitrogen and oxygen atoms in total. The summed E-state index contributed by atoms with van der Waals surface area (Å²) in [5.74, 6) is 2.12. The molecule has 15 unspecified atom stereocenters. The summed E-state index contributed by atoms with van der Waals surface area (Å²) in [7, 11) is 1.51. The average Bonchev–Trinajstić information content (AvgIpc) is 1.60. The number of carbonyl (C=O) groups is 5. The number of hydrogen-bond acceptors (Lipinski definition) is 15. The van der Waals surface area contributed by atoms with E-state index in [1.54, 1.807) is 6.92 Å². The maximum absolute atomic E-state index is 12.2. The normalized spacial score (nSPS) is 32.8. The predicted molar refractivity (Wildman–Crippen MR) is 372 cm³/mol. The van der Waals surface area contributed by atoms with Gasteiger partial charge in [0.15, 0.2) is 32.5 Å². The zero-order valence-corrected chi connectivity index (χ0v) is 65.9. The molecular formula is C79H142O15. The smallest absolute Gasteiger partial charge is 0.313 e. The van der Waals surface area contributed by atoms with Crippen molar-refractivity contribution >= 4 is 29.8 Å². The van der Waals surface area contributed by atoms with Crippen LogP contribution in [0, 0.1) is 94.1 Å². The Bertz CT molecular complexity index is 2510. The molecule has 15 atom stereocenters. The van der Waals surface area contributed by atoms with Crippen molar-refractivity contribution in [1.82, 2.24) is 0 Å². The molecule has 8 saturated carbocycles. The van der Waals surface area contributed by atoms with Crippen LogP contribution in [0.4, 0.5) is 0 Å². The molecule has 15 heteroatoms. The fourth-order valence-corrected chi connectivity index (χ4v) is 16.9. The Morgan fingerprint density at radius 3 is 1.01 bits per heavy atom. The van der Waals surface area contributed by atoms with Crippen LogP contribution >= 0.6 is 0 Å². The Balaban J connectivity index is 0.000000253. The van der Waals surface area contributed by atoms with Gasteiger partial charge in [0.1, 0.15) is 0 Å². The highest BCUT2D eigenvalue weighted by Gasteiger charge is 2.65. The van der Waals surface area contributed by atoms with Crippen molar-refractivity contribution in [3.8, 4) is 0 Å². The van der Waals surface area contributed by atoms with Crippen LogP contribution in [0.2, 0.25) is 0 Å². The first kappa shape index (κ1) is 83.6. The molecule has 8 rings (SSSR count). The van der Waals surface area contributed by atoms with Gasteiger partial charge < -0.3 is 47.4 Å².